The van der Waals surface area contributed by atoms with E-state index in [9.17, 15) is 5.11 Å². The third-order valence-electron chi connectivity index (χ3n) is 7.96. The smallest absolute Gasteiger partial charge is 0.224 e. The molecule has 1 atom stereocenters. The number of benzene rings is 1. The summed E-state index contributed by atoms with van der Waals surface area (Å²) in [5, 5.41) is 18.3. The first-order valence-electron chi connectivity index (χ1n) is 14.0. The topological polar surface area (TPSA) is 78.2 Å². The lowest BCUT2D eigenvalue weighted by atomic mass is 9.93. The first kappa shape index (κ1) is 25.0. The number of nitrogens with zero attached hydrogens (tertiary/aromatic N) is 4. The molecule has 1 aromatic carbocycles. The van der Waals surface area contributed by atoms with Gasteiger partial charge in [-0.2, -0.15) is 4.98 Å². The largest absolute Gasteiger partial charge is 0.393 e. The summed E-state index contributed by atoms with van der Waals surface area (Å²) >= 11 is 0. The Labute approximate surface area is 215 Å². The number of rotatable bonds is 8. The van der Waals surface area contributed by atoms with Crippen LogP contribution >= 0.6 is 0 Å². The third-order valence-corrected chi connectivity index (χ3v) is 7.96. The van der Waals surface area contributed by atoms with Crippen LogP contribution < -0.4 is 10.6 Å². The Morgan fingerprint density at radius 3 is 2.61 bits per heavy atom. The molecule has 0 bridgehead atoms. The van der Waals surface area contributed by atoms with Crippen LogP contribution in [0.5, 0.6) is 0 Å². The van der Waals surface area contributed by atoms with Crippen LogP contribution in [0, 0.1) is 0 Å². The summed E-state index contributed by atoms with van der Waals surface area (Å²) in [4.78, 5) is 12.0. The minimum absolute atomic E-state index is 0.169. The van der Waals surface area contributed by atoms with Crippen molar-refractivity contribution < 1.29 is 5.11 Å². The highest BCUT2D eigenvalue weighted by atomic mass is 16.3. The Hall–Kier alpha value is -2.64. The standard InChI is InChI=1S/C29H42N6O/c1-3-4-16-30-29-31-19-26-27(20-35(28(26)33-29)24-11-13-25(36)14-12-24)21-7-9-23(10-8-21)32-22-6-5-17-34(2)18-15-22/h7-10,19-20,22,24-25,32,36H,3-6,11-18H2,1-2H3,(H,30,31,33)/t22?,24-,25-. The van der Waals surface area contributed by atoms with Crippen LogP contribution in [0.1, 0.15) is 70.8 Å². The van der Waals surface area contributed by atoms with Crippen molar-refractivity contribution >= 4 is 22.7 Å². The normalized spacial score (nSPS) is 23.5. The lowest BCUT2D eigenvalue weighted by Gasteiger charge is -2.27. The fourth-order valence-electron chi connectivity index (χ4n) is 5.70. The summed E-state index contributed by atoms with van der Waals surface area (Å²) in [6.07, 6.45) is 13.6. The second kappa shape index (κ2) is 11.6. The summed E-state index contributed by atoms with van der Waals surface area (Å²) < 4.78 is 2.34. The lowest BCUT2D eigenvalue weighted by molar-refractivity contribution is 0.111. The van der Waals surface area contributed by atoms with Gasteiger partial charge in [0.15, 0.2) is 0 Å². The molecule has 0 amide bonds. The molecule has 2 aromatic heterocycles. The second-order valence-corrected chi connectivity index (χ2v) is 10.8. The van der Waals surface area contributed by atoms with Crippen LogP contribution in [0.2, 0.25) is 0 Å². The first-order chi connectivity index (χ1) is 17.6. The van der Waals surface area contributed by atoms with Gasteiger partial charge in [0.2, 0.25) is 5.95 Å². The zero-order valence-corrected chi connectivity index (χ0v) is 21.9. The number of aliphatic hydroxyl groups is 1. The Morgan fingerprint density at radius 2 is 1.83 bits per heavy atom. The van der Waals surface area contributed by atoms with E-state index in [-0.39, 0.29) is 6.10 Å². The minimum atomic E-state index is -0.169. The van der Waals surface area contributed by atoms with Crippen molar-refractivity contribution in [2.45, 2.75) is 82.9 Å². The first-order valence-corrected chi connectivity index (χ1v) is 14.0. The molecule has 3 aromatic rings. The molecule has 0 radical (unpaired) electrons. The molecule has 1 saturated heterocycles. The van der Waals surface area contributed by atoms with Gasteiger partial charge in [0.1, 0.15) is 5.65 Å². The molecule has 5 rings (SSSR count). The minimum Gasteiger partial charge on any atom is -0.393 e. The number of hydrogen-bond acceptors (Lipinski definition) is 6. The number of hydrogen-bond donors (Lipinski definition) is 3. The molecule has 1 aliphatic heterocycles. The Kier molecular flexibility index (Phi) is 8.07. The summed E-state index contributed by atoms with van der Waals surface area (Å²) in [6.45, 7) is 5.43. The quantitative estimate of drug-likeness (QED) is 0.353. The molecule has 2 aliphatic rings. The highest BCUT2D eigenvalue weighted by Gasteiger charge is 2.24. The molecule has 0 spiro atoms. The van der Waals surface area contributed by atoms with Crippen molar-refractivity contribution in [3.8, 4) is 11.1 Å². The predicted molar refractivity (Wildman–Crippen MR) is 149 cm³/mol. The Morgan fingerprint density at radius 1 is 1.03 bits per heavy atom. The van der Waals surface area contributed by atoms with Crippen LogP contribution in [0.25, 0.3) is 22.2 Å². The highest BCUT2D eigenvalue weighted by Crippen LogP contribution is 2.37. The van der Waals surface area contributed by atoms with E-state index in [2.05, 4.69) is 69.5 Å². The fraction of sp³-hybridized carbons (Fsp3) is 0.586. The maximum atomic E-state index is 10.1. The number of aliphatic hydroxyl groups excluding tert-OH is 1. The Bertz CT molecular complexity index is 1120. The van der Waals surface area contributed by atoms with E-state index in [1.807, 2.05) is 6.20 Å². The van der Waals surface area contributed by atoms with E-state index in [0.717, 1.165) is 62.6 Å². The summed E-state index contributed by atoms with van der Waals surface area (Å²) in [5.41, 5.74) is 4.55. The maximum absolute atomic E-state index is 10.1. The van der Waals surface area contributed by atoms with Crippen LogP contribution in [0.3, 0.4) is 0 Å². The van der Waals surface area contributed by atoms with Gasteiger partial charge in [0.25, 0.3) is 0 Å². The van der Waals surface area contributed by atoms with E-state index in [4.69, 9.17) is 4.98 Å². The molecule has 3 heterocycles. The van der Waals surface area contributed by atoms with Crippen LogP contribution in [-0.2, 0) is 0 Å². The molecule has 1 saturated carbocycles. The van der Waals surface area contributed by atoms with Gasteiger partial charge in [-0.05, 0) is 89.2 Å². The van der Waals surface area contributed by atoms with Gasteiger partial charge in [0, 0.05) is 47.7 Å². The molecule has 2 fully saturated rings. The molecule has 1 unspecified atom stereocenters. The molecular formula is C29H42N6O. The average molecular weight is 491 g/mol. The number of aromatic nitrogens is 3. The average Bonchev–Trinajstić information content (AvgIpc) is 3.14. The van der Waals surface area contributed by atoms with Gasteiger partial charge < -0.3 is 25.2 Å². The van der Waals surface area contributed by atoms with E-state index in [1.54, 1.807) is 0 Å². The predicted octanol–water partition coefficient (Wildman–Crippen LogP) is 5.68. The van der Waals surface area contributed by atoms with E-state index < -0.39 is 0 Å². The van der Waals surface area contributed by atoms with Crippen molar-refractivity contribution in [3.63, 3.8) is 0 Å². The van der Waals surface area contributed by atoms with Gasteiger partial charge in [0.05, 0.1) is 6.10 Å². The second-order valence-electron chi connectivity index (χ2n) is 10.8. The van der Waals surface area contributed by atoms with Gasteiger partial charge in [-0.25, -0.2) is 4.98 Å². The summed E-state index contributed by atoms with van der Waals surface area (Å²) in [6, 6.07) is 9.77. The molecule has 3 N–H and O–H groups in total. The number of unbranched alkanes of at least 4 members (excludes halogenated alkanes) is 1. The van der Waals surface area contributed by atoms with Crippen molar-refractivity contribution in [2.24, 2.45) is 0 Å². The number of likely N-dealkylation sites (tertiary alicyclic amines) is 1. The van der Waals surface area contributed by atoms with E-state index in [0.29, 0.717) is 18.0 Å². The summed E-state index contributed by atoms with van der Waals surface area (Å²) in [5.74, 6) is 0.700. The molecule has 7 nitrogen and oxygen atoms in total. The van der Waals surface area contributed by atoms with Crippen molar-refractivity contribution in [2.75, 3.05) is 37.3 Å². The third kappa shape index (κ3) is 5.84. The highest BCUT2D eigenvalue weighted by molar-refractivity contribution is 5.94. The van der Waals surface area contributed by atoms with Gasteiger partial charge >= 0.3 is 0 Å². The molecule has 7 heteroatoms. The maximum Gasteiger partial charge on any atom is 0.224 e. The van der Waals surface area contributed by atoms with Crippen molar-refractivity contribution in [3.05, 3.63) is 36.7 Å². The van der Waals surface area contributed by atoms with Gasteiger partial charge in [-0.1, -0.05) is 25.5 Å². The van der Waals surface area contributed by atoms with Crippen LogP contribution in [0.15, 0.2) is 36.7 Å². The fourth-order valence-corrected chi connectivity index (χ4v) is 5.70. The number of anilines is 2. The van der Waals surface area contributed by atoms with Crippen molar-refractivity contribution in [1.82, 2.24) is 19.4 Å². The molecular weight excluding hydrogens is 448 g/mol. The van der Waals surface area contributed by atoms with Crippen LogP contribution in [0.4, 0.5) is 11.6 Å². The van der Waals surface area contributed by atoms with E-state index in [1.165, 1.54) is 42.6 Å². The SMILES string of the molecule is CCCCNc1ncc2c(-c3ccc(NC4CCCN(C)CC4)cc3)cn([C@H]3CC[C@H](O)CC3)c2n1. The lowest BCUT2D eigenvalue weighted by Crippen LogP contribution is -2.22. The number of nitrogens with one attached hydrogen (secondary N) is 2. The zero-order chi connectivity index (χ0) is 24.9. The Balaban J connectivity index is 1.40. The van der Waals surface area contributed by atoms with Crippen LogP contribution in [-0.4, -0.2) is 63.4 Å². The monoisotopic (exact) mass is 490 g/mol. The zero-order valence-electron chi connectivity index (χ0n) is 21.9. The van der Waals surface area contributed by atoms with Gasteiger partial charge in [-0.3, -0.25) is 0 Å². The van der Waals surface area contributed by atoms with Gasteiger partial charge in [-0.15, -0.1) is 0 Å². The molecule has 194 valence electrons. The van der Waals surface area contributed by atoms with Crippen molar-refractivity contribution in [1.29, 1.82) is 0 Å². The molecule has 36 heavy (non-hydrogen) atoms. The van der Waals surface area contributed by atoms with E-state index >= 15 is 0 Å². The summed E-state index contributed by atoms with van der Waals surface area (Å²) in [7, 11) is 2.22. The number of fused-ring (bicyclic) bond motifs is 1. The molecule has 1 aliphatic carbocycles.